The molecular formula is C30H25N3O3S2. The molecule has 0 amide bonds. The lowest BCUT2D eigenvalue weighted by Crippen LogP contribution is -1.99. The van der Waals surface area contributed by atoms with Gasteiger partial charge in [-0.1, -0.05) is 38.1 Å². The molecule has 6 nitrogen and oxygen atoms in total. The van der Waals surface area contributed by atoms with Gasteiger partial charge in [0.1, 0.15) is 21.3 Å². The van der Waals surface area contributed by atoms with Gasteiger partial charge in [-0.05, 0) is 47.9 Å². The molecule has 0 spiro atoms. The number of nitrogens with zero attached hydrogens (tertiary/aromatic N) is 1. The van der Waals surface area contributed by atoms with Crippen molar-refractivity contribution in [1.82, 2.24) is 4.98 Å². The quantitative estimate of drug-likeness (QED) is 0.207. The van der Waals surface area contributed by atoms with Gasteiger partial charge < -0.3 is 20.2 Å². The zero-order valence-corrected chi connectivity index (χ0v) is 22.7. The number of nitrogens with one attached hydrogen (secondary N) is 1. The summed E-state index contributed by atoms with van der Waals surface area (Å²) < 4.78 is 11.9. The molecule has 8 heteroatoms. The molecule has 0 bridgehead atoms. The predicted octanol–water partition coefficient (Wildman–Crippen LogP) is 8.26. The van der Waals surface area contributed by atoms with Crippen LogP contribution in [0.15, 0.2) is 82.0 Å². The van der Waals surface area contributed by atoms with Gasteiger partial charge in [0, 0.05) is 28.8 Å². The number of fused-ring (bicyclic) bond motifs is 2. The third-order valence-corrected chi connectivity index (χ3v) is 8.69. The number of ether oxygens (including phenoxy) is 1. The number of benzene rings is 3. The molecule has 0 aliphatic heterocycles. The summed E-state index contributed by atoms with van der Waals surface area (Å²) in [6, 6.07) is 23.4. The van der Waals surface area contributed by atoms with E-state index in [1.165, 1.54) is 23.0 Å². The van der Waals surface area contributed by atoms with Crippen molar-refractivity contribution in [2.24, 2.45) is 0 Å². The molecule has 0 aliphatic carbocycles. The van der Waals surface area contributed by atoms with E-state index in [-0.39, 0.29) is 0 Å². The number of thiazole rings is 1. The second kappa shape index (κ2) is 9.63. The summed E-state index contributed by atoms with van der Waals surface area (Å²) in [5, 5.41) is 6.04. The Balaban J connectivity index is 1.55. The zero-order valence-electron chi connectivity index (χ0n) is 21.1. The van der Waals surface area contributed by atoms with Crippen LogP contribution in [0.4, 0.5) is 16.4 Å². The van der Waals surface area contributed by atoms with Gasteiger partial charge >= 0.3 is 5.63 Å². The lowest BCUT2D eigenvalue weighted by atomic mass is 10.0. The molecule has 3 aromatic heterocycles. The first kappa shape index (κ1) is 24.2. The Kier molecular flexibility index (Phi) is 6.13. The number of para-hydroxylation sites is 1. The summed E-state index contributed by atoms with van der Waals surface area (Å²) >= 11 is 3.10. The fourth-order valence-electron chi connectivity index (χ4n) is 4.46. The minimum Gasteiger partial charge on any atom is -0.497 e. The Bertz CT molecular complexity index is 1820. The van der Waals surface area contributed by atoms with Crippen LogP contribution in [0.1, 0.15) is 25.3 Å². The molecule has 3 N–H and O–H groups in total. The predicted molar refractivity (Wildman–Crippen MR) is 159 cm³/mol. The van der Waals surface area contributed by atoms with Crippen LogP contribution < -0.4 is 21.4 Å². The molecule has 0 saturated carbocycles. The van der Waals surface area contributed by atoms with E-state index < -0.39 is 5.63 Å². The van der Waals surface area contributed by atoms with E-state index in [0.29, 0.717) is 28.5 Å². The first-order valence-electron chi connectivity index (χ1n) is 12.2. The number of thiophene rings is 1. The van der Waals surface area contributed by atoms with Crippen LogP contribution in [0.25, 0.3) is 42.2 Å². The highest BCUT2D eigenvalue weighted by molar-refractivity contribution is 7.24. The maximum Gasteiger partial charge on any atom is 0.336 e. The van der Waals surface area contributed by atoms with Gasteiger partial charge in [0.25, 0.3) is 0 Å². The fourth-order valence-corrected chi connectivity index (χ4v) is 6.73. The molecule has 3 heterocycles. The Hall–Kier alpha value is -4.14. The van der Waals surface area contributed by atoms with Crippen molar-refractivity contribution in [2.45, 2.75) is 19.8 Å². The van der Waals surface area contributed by atoms with Gasteiger partial charge in [0.05, 0.1) is 33.5 Å². The zero-order chi connectivity index (χ0) is 26.4. The average molecular weight is 540 g/mol. The van der Waals surface area contributed by atoms with E-state index in [0.717, 1.165) is 41.7 Å². The van der Waals surface area contributed by atoms with Crippen molar-refractivity contribution in [2.75, 3.05) is 18.2 Å². The highest BCUT2D eigenvalue weighted by atomic mass is 32.1. The van der Waals surface area contributed by atoms with Crippen molar-refractivity contribution in [3.63, 3.8) is 0 Å². The van der Waals surface area contributed by atoms with Crippen molar-refractivity contribution >= 4 is 60.2 Å². The largest absolute Gasteiger partial charge is 0.497 e. The highest BCUT2D eigenvalue weighted by Gasteiger charge is 2.24. The maximum atomic E-state index is 12.6. The first-order valence-corrected chi connectivity index (χ1v) is 13.8. The number of hydrogen-bond acceptors (Lipinski definition) is 8. The van der Waals surface area contributed by atoms with Crippen LogP contribution in [-0.4, -0.2) is 12.1 Å². The topological polar surface area (TPSA) is 90.4 Å². The summed E-state index contributed by atoms with van der Waals surface area (Å²) in [6.07, 6.45) is 0. The Labute approximate surface area is 227 Å². The van der Waals surface area contributed by atoms with Gasteiger partial charge in [0.2, 0.25) is 0 Å². The molecule has 0 saturated heterocycles. The maximum absolute atomic E-state index is 12.6. The van der Waals surface area contributed by atoms with Crippen LogP contribution in [0.3, 0.4) is 0 Å². The third kappa shape index (κ3) is 4.31. The van der Waals surface area contributed by atoms with Gasteiger partial charge in [-0.2, -0.15) is 0 Å². The summed E-state index contributed by atoms with van der Waals surface area (Å²) in [6.45, 7) is 4.35. The molecule has 0 radical (unpaired) electrons. The second-order valence-electron chi connectivity index (χ2n) is 9.28. The SMILES string of the molecule is COc1ccc2c(-c3sc(Nc4ccc(C(C)C)cc4)c(-c4nc5ccccc5s4)c3N)cc(=O)oc2c1. The first-order chi connectivity index (χ1) is 18.4. The molecular weight excluding hydrogens is 514 g/mol. The van der Waals surface area contributed by atoms with Crippen LogP contribution in [0.5, 0.6) is 5.75 Å². The van der Waals surface area contributed by atoms with E-state index in [1.807, 2.05) is 30.3 Å². The lowest BCUT2D eigenvalue weighted by molar-refractivity contribution is 0.414. The Morgan fingerprint density at radius 3 is 2.53 bits per heavy atom. The normalized spacial score (nSPS) is 11.5. The van der Waals surface area contributed by atoms with Gasteiger partial charge in [-0.25, -0.2) is 9.78 Å². The van der Waals surface area contributed by atoms with Crippen LogP contribution >= 0.6 is 22.7 Å². The molecule has 190 valence electrons. The Morgan fingerprint density at radius 2 is 1.79 bits per heavy atom. The summed E-state index contributed by atoms with van der Waals surface area (Å²) in [7, 11) is 1.58. The number of rotatable bonds is 6. The number of hydrogen-bond donors (Lipinski definition) is 2. The second-order valence-corrected chi connectivity index (χ2v) is 11.3. The number of aromatic nitrogens is 1. The van der Waals surface area contributed by atoms with Crippen molar-refractivity contribution in [1.29, 1.82) is 0 Å². The van der Waals surface area contributed by atoms with E-state index in [2.05, 4.69) is 49.5 Å². The molecule has 0 aliphatic rings. The average Bonchev–Trinajstić information content (AvgIpc) is 3.48. The molecule has 38 heavy (non-hydrogen) atoms. The number of nitrogens with two attached hydrogens (primary N) is 1. The summed E-state index contributed by atoms with van der Waals surface area (Å²) in [5.41, 5.74) is 12.1. The standard InChI is InChI=1S/C30H25N3O3S2/c1-16(2)17-8-10-18(11-9-17)32-29-26(30-33-22-6-4-5-7-24(22)37-30)27(31)28(38-29)21-15-25(34)36-23-14-19(35-3)12-13-20(21)23/h4-16,32H,31H2,1-3H3. The molecule has 0 unspecified atom stereocenters. The van der Waals surface area contributed by atoms with E-state index >= 15 is 0 Å². The van der Waals surface area contributed by atoms with Crippen molar-refractivity contribution in [3.8, 4) is 26.8 Å². The Morgan fingerprint density at radius 1 is 1.00 bits per heavy atom. The lowest BCUT2D eigenvalue weighted by Gasteiger charge is -2.09. The summed E-state index contributed by atoms with van der Waals surface area (Å²) in [4.78, 5) is 18.3. The van der Waals surface area contributed by atoms with E-state index in [9.17, 15) is 4.79 Å². The molecule has 6 rings (SSSR count). The molecule has 0 atom stereocenters. The van der Waals surface area contributed by atoms with E-state index in [1.54, 1.807) is 24.5 Å². The minimum atomic E-state index is -0.450. The molecule has 3 aromatic carbocycles. The van der Waals surface area contributed by atoms with Gasteiger partial charge in [-0.3, -0.25) is 0 Å². The summed E-state index contributed by atoms with van der Waals surface area (Å²) in [5.74, 6) is 1.06. The monoisotopic (exact) mass is 539 g/mol. The smallest absolute Gasteiger partial charge is 0.336 e. The van der Waals surface area contributed by atoms with Crippen LogP contribution in [0, 0.1) is 0 Å². The molecule has 0 fully saturated rings. The third-order valence-electron chi connectivity index (χ3n) is 6.48. The number of nitrogen functional groups attached to an aromatic ring is 1. The minimum absolute atomic E-state index is 0.444. The highest BCUT2D eigenvalue weighted by Crippen LogP contribution is 2.51. The van der Waals surface area contributed by atoms with Crippen LogP contribution in [0.2, 0.25) is 0 Å². The van der Waals surface area contributed by atoms with E-state index in [4.69, 9.17) is 19.9 Å². The number of anilines is 3. The van der Waals surface area contributed by atoms with Gasteiger partial charge in [-0.15, -0.1) is 22.7 Å². The molecule has 6 aromatic rings. The fraction of sp³-hybridized carbons (Fsp3) is 0.133. The van der Waals surface area contributed by atoms with Crippen molar-refractivity contribution in [3.05, 3.63) is 88.8 Å². The van der Waals surface area contributed by atoms with Crippen LogP contribution in [-0.2, 0) is 0 Å². The van der Waals surface area contributed by atoms with Crippen molar-refractivity contribution < 1.29 is 9.15 Å². The number of methoxy groups -OCH3 is 1. The van der Waals surface area contributed by atoms with Gasteiger partial charge in [0.15, 0.2) is 0 Å².